The van der Waals surface area contributed by atoms with Crippen molar-refractivity contribution in [2.75, 3.05) is 19.8 Å². The molecule has 1 atom stereocenters. The molecule has 0 radical (unpaired) electrons. The first kappa shape index (κ1) is 20.2. The highest BCUT2D eigenvalue weighted by atomic mass is 16.5. The first-order valence-corrected chi connectivity index (χ1v) is 10.1. The van der Waals surface area contributed by atoms with Crippen LogP contribution < -0.4 is 15.4 Å². The molecule has 28 heavy (non-hydrogen) atoms. The summed E-state index contributed by atoms with van der Waals surface area (Å²) in [5.41, 5.74) is 4.82. The van der Waals surface area contributed by atoms with Crippen LogP contribution in [-0.4, -0.2) is 31.8 Å². The molecule has 1 unspecified atom stereocenters. The van der Waals surface area contributed by atoms with E-state index < -0.39 is 0 Å². The van der Waals surface area contributed by atoms with Crippen LogP contribution in [0, 0.1) is 13.8 Å². The molecule has 1 aliphatic heterocycles. The lowest BCUT2D eigenvalue weighted by Gasteiger charge is -2.16. The third-order valence-electron chi connectivity index (χ3n) is 4.86. The van der Waals surface area contributed by atoms with Gasteiger partial charge in [-0.25, -0.2) is 4.99 Å². The largest absolute Gasteiger partial charge is 0.488 e. The Hall–Kier alpha value is -2.53. The first-order valence-electron chi connectivity index (χ1n) is 10.1. The number of guanidine groups is 1. The number of benzene rings is 2. The van der Waals surface area contributed by atoms with Crippen molar-refractivity contribution in [1.29, 1.82) is 0 Å². The zero-order valence-electron chi connectivity index (χ0n) is 17.1. The van der Waals surface area contributed by atoms with E-state index >= 15 is 0 Å². The molecule has 2 aromatic carbocycles. The van der Waals surface area contributed by atoms with Crippen LogP contribution in [0.1, 0.15) is 35.6 Å². The highest BCUT2D eigenvalue weighted by Crippen LogP contribution is 2.24. The van der Waals surface area contributed by atoms with E-state index in [9.17, 15) is 0 Å². The Labute approximate surface area is 168 Å². The predicted molar refractivity (Wildman–Crippen MR) is 114 cm³/mol. The van der Waals surface area contributed by atoms with E-state index in [1.54, 1.807) is 0 Å². The van der Waals surface area contributed by atoms with Crippen molar-refractivity contribution in [2.24, 2.45) is 4.99 Å². The van der Waals surface area contributed by atoms with E-state index in [4.69, 9.17) is 14.5 Å². The van der Waals surface area contributed by atoms with E-state index in [1.165, 1.54) is 16.7 Å². The van der Waals surface area contributed by atoms with E-state index in [0.29, 0.717) is 13.2 Å². The van der Waals surface area contributed by atoms with Crippen LogP contribution in [-0.2, 0) is 17.8 Å². The van der Waals surface area contributed by atoms with Gasteiger partial charge in [0, 0.05) is 25.1 Å². The fourth-order valence-electron chi connectivity index (χ4n) is 3.18. The standard InChI is InChI=1S/C23H31N3O2/c1-4-24-23(25-14-19-8-6-5-7-18(19)3)26-15-20-10-9-17(2)13-22(20)28-21-11-12-27-16-21/h5-10,13,21H,4,11-12,14-16H2,1-3H3,(H2,24,25,26). The molecule has 5 nitrogen and oxygen atoms in total. The fraction of sp³-hybridized carbons (Fsp3) is 0.435. The Balaban J connectivity index is 1.69. The van der Waals surface area contributed by atoms with Gasteiger partial charge < -0.3 is 20.1 Å². The molecule has 0 amide bonds. The number of hydrogen-bond donors (Lipinski definition) is 2. The molecular weight excluding hydrogens is 350 g/mol. The minimum atomic E-state index is 0.136. The van der Waals surface area contributed by atoms with E-state index in [-0.39, 0.29) is 6.10 Å². The maximum atomic E-state index is 6.19. The van der Waals surface area contributed by atoms with Crippen LogP contribution in [0.4, 0.5) is 0 Å². The Morgan fingerprint density at radius 1 is 1.14 bits per heavy atom. The molecule has 2 aromatic rings. The fourth-order valence-corrected chi connectivity index (χ4v) is 3.18. The molecule has 0 bridgehead atoms. The molecule has 0 spiro atoms. The van der Waals surface area contributed by atoms with Gasteiger partial charge in [-0.05, 0) is 43.5 Å². The van der Waals surface area contributed by atoms with Gasteiger partial charge in [0.1, 0.15) is 11.9 Å². The van der Waals surface area contributed by atoms with Crippen LogP contribution >= 0.6 is 0 Å². The minimum Gasteiger partial charge on any atom is -0.488 e. The molecule has 1 heterocycles. The normalized spacial score (nSPS) is 16.8. The number of nitrogens with zero attached hydrogens (tertiary/aromatic N) is 1. The molecule has 1 aliphatic rings. The Kier molecular flexibility index (Phi) is 7.31. The highest BCUT2D eigenvalue weighted by Gasteiger charge is 2.18. The molecule has 0 saturated carbocycles. The average molecular weight is 382 g/mol. The molecule has 2 N–H and O–H groups in total. The highest BCUT2D eigenvalue weighted by molar-refractivity contribution is 5.79. The summed E-state index contributed by atoms with van der Waals surface area (Å²) in [6, 6.07) is 14.7. The summed E-state index contributed by atoms with van der Waals surface area (Å²) in [4.78, 5) is 4.78. The molecule has 1 saturated heterocycles. The number of aliphatic imine (C=N–C) groups is 1. The quantitative estimate of drug-likeness (QED) is 0.567. The Morgan fingerprint density at radius 2 is 2.00 bits per heavy atom. The summed E-state index contributed by atoms with van der Waals surface area (Å²) in [5.74, 6) is 1.72. The zero-order valence-corrected chi connectivity index (χ0v) is 17.1. The summed E-state index contributed by atoms with van der Waals surface area (Å²) in [7, 11) is 0. The van der Waals surface area contributed by atoms with Gasteiger partial charge in [-0.2, -0.15) is 0 Å². The minimum absolute atomic E-state index is 0.136. The van der Waals surface area contributed by atoms with Crippen LogP contribution in [0.3, 0.4) is 0 Å². The molecule has 0 aliphatic carbocycles. The van der Waals surface area contributed by atoms with Crippen molar-refractivity contribution < 1.29 is 9.47 Å². The maximum Gasteiger partial charge on any atom is 0.191 e. The lowest BCUT2D eigenvalue weighted by atomic mass is 10.1. The first-order chi connectivity index (χ1) is 13.7. The second-order valence-corrected chi connectivity index (χ2v) is 7.19. The summed E-state index contributed by atoms with van der Waals surface area (Å²) in [6.45, 7) is 9.85. The van der Waals surface area contributed by atoms with Crippen LogP contribution in [0.15, 0.2) is 47.5 Å². The van der Waals surface area contributed by atoms with E-state index in [2.05, 4.69) is 73.9 Å². The van der Waals surface area contributed by atoms with Crippen molar-refractivity contribution in [1.82, 2.24) is 10.6 Å². The number of hydrogen-bond acceptors (Lipinski definition) is 3. The summed E-state index contributed by atoms with van der Waals surface area (Å²) >= 11 is 0. The Morgan fingerprint density at radius 3 is 2.75 bits per heavy atom. The van der Waals surface area contributed by atoms with Crippen molar-refractivity contribution in [3.05, 3.63) is 64.7 Å². The van der Waals surface area contributed by atoms with Gasteiger partial charge in [-0.1, -0.05) is 36.4 Å². The lowest BCUT2D eigenvalue weighted by Crippen LogP contribution is -2.37. The lowest BCUT2D eigenvalue weighted by molar-refractivity contribution is 0.140. The van der Waals surface area contributed by atoms with Crippen LogP contribution in [0.5, 0.6) is 5.75 Å². The maximum absolute atomic E-state index is 6.19. The molecule has 3 rings (SSSR count). The Bertz CT molecular complexity index is 798. The SMILES string of the molecule is CCNC(=NCc1ccc(C)cc1OC1CCOC1)NCc1ccccc1C. The average Bonchev–Trinajstić information content (AvgIpc) is 3.19. The molecule has 1 fully saturated rings. The van der Waals surface area contributed by atoms with Gasteiger partial charge in [-0.15, -0.1) is 0 Å². The predicted octanol–water partition coefficient (Wildman–Crippen LogP) is 3.73. The number of nitrogens with one attached hydrogen (secondary N) is 2. The monoisotopic (exact) mass is 381 g/mol. The van der Waals surface area contributed by atoms with Crippen LogP contribution in [0.2, 0.25) is 0 Å². The van der Waals surface area contributed by atoms with E-state index in [1.807, 2.05) is 0 Å². The van der Waals surface area contributed by atoms with Gasteiger partial charge in [0.15, 0.2) is 5.96 Å². The number of rotatable bonds is 7. The van der Waals surface area contributed by atoms with Crippen molar-refractivity contribution in [2.45, 2.75) is 46.4 Å². The summed E-state index contributed by atoms with van der Waals surface area (Å²) in [5, 5.41) is 6.75. The van der Waals surface area contributed by atoms with Gasteiger partial charge in [0.25, 0.3) is 0 Å². The van der Waals surface area contributed by atoms with Crippen molar-refractivity contribution >= 4 is 5.96 Å². The third-order valence-corrected chi connectivity index (χ3v) is 4.86. The number of ether oxygens (including phenoxy) is 2. The zero-order chi connectivity index (χ0) is 19.8. The molecule has 5 heteroatoms. The molecular formula is C23H31N3O2. The van der Waals surface area contributed by atoms with Crippen LogP contribution in [0.25, 0.3) is 0 Å². The van der Waals surface area contributed by atoms with Crippen molar-refractivity contribution in [3.8, 4) is 5.75 Å². The smallest absolute Gasteiger partial charge is 0.191 e. The topological polar surface area (TPSA) is 54.9 Å². The van der Waals surface area contributed by atoms with Gasteiger partial charge >= 0.3 is 0 Å². The summed E-state index contributed by atoms with van der Waals surface area (Å²) < 4.78 is 11.6. The van der Waals surface area contributed by atoms with Gasteiger partial charge in [0.2, 0.25) is 0 Å². The molecule has 0 aromatic heterocycles. The van der Waals surface area contributed by atoms with Crippen molar-refractivity contribution in [3.63, 3.8) is 0 Å². The van der Waals surface area contributed by atoms with Gasteiger partial charge in [-0.3, -0.25) is 0 Å². The summed E-state index contributed by atoms with van der Waals surface area (Å²) in [6.07, 6.45) is 1.08. The molecule has 150 valence electrons. The third kappa shape index (κ3) is 5.73. The second-order valence-electron chi connectivity index (χ2n) is 7.19. The van der Waals surface area contributed by atoms with Gasteiger partial charge in [0.05, 0.1) is 19.8 Å². The second kappa shape index (κ2) is 10.1. The number of aryl methyl sites for hydroxylation is 2. The van der Waals surface area contributed by atoms with E-state index in [0.717, 1.165) is 43.4 Å².